The summed E-state index contributed by atoms with van der Waals surface area (Å²) >= 11 is 3.00. The first-order valence-corrected chi connectivity index (χ1v) is 3.66. The molecule has 0 radical (unpaired) electrons. The summed E-state index contributed by atoms with van der Waals surface area (Å²) in [6.45, 7) is 0. The van der Waals surface area contributed by atoms with Gasteiger partial charge in [-0.1, -0.05) is 11.2 Å². The van der Waals surface area contributed by atoms with Crippen molar-refractivity contribution in [1.82, 2.24) is 0 Å². The fourth-order valence-electron chi connectivity index (χ4n) is 0.659. The zero-order valence-corrected chi connectivity index (χ0v) is 7.05. The second kappa shape index (κ2) is 3.48. The molecule has 0 saturated carbocycles. The fourth-order valence-corrected chi connectivity index (χ4v) is 1.06. The first-order chi connectivity index (χ1) is 5.24. The molecule has 1 rings (SSSR count). The second-order valence-electron chi connectivity index (χ2n) is 1.92. The van der Waals surface area contributed by atoms with Gasteiger partial charge in [0.1, 0.15) is 5.82 Å². The van der Waals surface area contributed by atoms with Gasteiger partial charge in [-0.15, -0.1) is 0 Å². The molecule has 4 heteroatoms. The van der Waals surface area contributed by atoms with E-state index in [0.29, 0.717) is 10.0 Å². The van der Waals surface area contributed by atoms with E-state index >= 15 is 0 Å². The van der Waals surface area contributed by atoms with Crippen molar-refractivity contribution >= 4 is 22.1 Å². The normalized spacial score (nSPS) is 10.7. The molecule has 0 aliphatic rings. The molecule has 0 aliphatic heterocycles. The Morgan fingerprint density at radius 3 is 2.82 bits per heavy atom. The zero-order chi connectivity index (χ0) is 8.27. The summed E-state index contributed by atoms with van der Waals surface area (Å²) in [5.41, 5.74) is 0.640. The maximum atomic E-state index is 12.6. The number of oxime groups is 1. The van der Waals surface area contributed by atoms with Crippen molar-refractivity contribution in [3.63, 3.8) is 0 Å². The topological polar surface area (TPSA) is 32.6 Å². The molecule has 0 aromatic heterocycles. The molecule has 0 saturated heterocycles. The largest absolute Gasteiger partial charge is 0.411 e. The quantitative estimate of drug-likeness (QED) is 0.438. The van der Waals surface area contributed by atoms with Crippen molar-refractivity contribution in [2.75, 3.05) is 0 Å². The van der Waals surface area contributed by atoms with E-state index in [1.54, 1.807) is 0 Å². The summed E-state index contributed by atoms with van der Waals surface area (Å²) in [5, 5.41) is 10.9. The Bertz CT molecular complexity index is 288. The highest BCUT2D eigenvalue weighted by atomic mass is 79.9. The number of hydrogen-bond acceptors (Lipinski definition) is 2. The minimum atomic E-state index is -0.333. The summed E-state index contributed by atoms with van der Waals surface area (Å²) in [4.78, 5) is 0. The minimum absolute atomic E-state index is 0.333. The second-order valence-corrected chi connectivity index (χ2v) is 2.77. The average Bonchev–Trinajstić information content (AvgIpc) is 1.98. The van der Waals surface area contributed by atoms with Crippen molar-refractivity contribution in [2.24, 2.45) is 5.16 Å². The maximum Gasteiger partial charge on any atom is 0.137 e. The molecule has 0 spiro atoms. The van der Waals surface area contributed by atoms with Crippen LogP contribution in [0, 0.1) is 5.82 Å². The first kappa shape index (κ1) is 8.20. The lowest BCUT2D eigenvalue weighted by Gasteiger charge is -1.94. The molecule has 11 heavy (non-hydrogen) atoms. The summed E-state index contributed by atoms with van der Waals surface area (Å²) in [6.07, 6.45) is 1.23. The molecule has 0 unspecified atom stereocenters. The van der Waals surface area contributed by atoms with E-state index in [9.17, 15) is 4.39 Å². The number of benzene rings is 1. The van der Waals surface area contributed by atoms with Crippen LogP contribution in [0.4, 0.5) is 4.39 Å². The Balaban J connectivity index is 3.05. The lowest BCUT2D eigenvalue weighted by atomic mass is 10.2. The smallest absolute Gasteiger partial charge is 0.137 e. The lowest BCUT2D eigenvalue weighted by Crippen LogP contribution is -1.83. The van der Waals surface area contributed by atoms with E-state index < -0.39 is 0 Å². The van der Waals surface area contributed by atoms with Gasteiger partial charge < -0.3 is 5.21 Å². The molecule has 1 aromatic rings. The third-order valence-corrected chi connectivity index (χ3v) is 1.76. The summed E-state index contributed by atoms with van der Waals surface area (Å²) < 4.78 is 12.9. The highest BCUT2D eigenvalue weighted by Crippen LogP contribution is 2.15. The van der Waals surface area contributed by atoms with Crippen LogP contribution in [0.5, 0.6) is 0 Å². The maximum absolute atomic E-state index is 12.6. The Hall–Kier alpha value is -0.900. The third-order valence-electron chi connectivity index (χ3n) is 1.15. The van der Waals surface area contributed by atoms with E-state index in [4.69, 9.17) is 5.21 Å². The molecule has 0 heterocycles. The van der Waals surface area contributed by atoms with Gasteiger partial charge in [0.25, 0.3) is 0 Å². The molecule has 0 bridgehead atoms. The van der Waals surface area contributed by atoms with Crippen LogP contribution in [0.1, 0.15) is 5.56 Å². The molecular weight excluding hydrogens is 213 g/mol. The molecule has 1 aromatic carbocycles. The number of halogens is 2. The van der Waals surface area contributed by atoms with Gasteiger partial charge in [-0.3, -0.25) is 0 Å². The highest BCUT2D eigenvalue weighted by Gasteiger charge is 1.97. The fraction of sp³-hybridized carbons (Fsp3) is 0. The van der Waals surface area contributed by atoms with Gasteiger partial charge in [0.2, 0.25) is 0 Å². The van der Waals surface area contributed by atoms with E-state index in [0.717, 1.165) is 0 Å². The van der Waals surface area contributed by atoms with Crippen LogP contribution in [0.25, 0.3) is 0 Å². The van der Waals surface area contributed by atoms with Gasteiger partial charge in [0.15, 0.2) is 0 Å². The number of hydrogen-bond donors (Lipinski definition) is 1. The molecule has 58 valence electrons. The number of rotatable bonds is 1. The Labute approximate surface area is 71.5 Å². The Morgan fingerprint density at radius 1 is 1.55 bits per heavy atom. The predicted octanol–water partition coefficient (Wildman–Crippen LogP) is 2.40. The van der Waals surface area contributed by atoms with Gasteiger partial charge in [0.05, 0.1) is 10.7 Å². The van der Waals surface area contributed by atoms with Crippen LogP contribution in [0.2, 0.25) is 0 Å². The van der Waals surface area contributed by atoms with Crippen LogP contribution in [-0.4, -0.2) is 11.4 Å². The molecule has 0 fully saturated rings. The van der Waals surface area contributed by atoms with Crippen molar-refractivity contribution in [2.45, 2.75) is 0 Å². The highest BCUT2D eigenvalue weighted by molar-refractivity contribution is 9.10. The average molecular weight is 218 g/mol. The summed E-state index contributed by atoms with van der Waals surface area (Å²) in [7, 11) is 0. The van der Waals surface area contributed by atoms with E-state index in [-0.39, 0.29) is 5.82 Å². The molecule has 0 amide bonds. The summed E-state index contributed by atoms with van der Waals surface area (Å²) in [6, 6.07) is 4.33. The van der Waals surface area contributed by atoms with Crippen molar-refractivity contribution in [3.8, 4) is 0 Å². The summed E-state index contributed by atoms with van der Waals surface area (Å²) in [5.74, 6) is -0.333. The standard InChI is InChI=1S/C7H5BrFNO/c8-6-3-5(4-10-11)1-2-7(6)9/h1-4,11H/b10-4-. The third kappa shape index (κ3) is 2.01. The van der Waals surface area contributed by atoms with Gasteiger partial charge in [0, 0.05) is 0 Å². The molecule has 2 nitrogen and oxygen atoms in total. The van der Waals surface area contributed by atoms with Crippen molar-refractivity contribution in [1.29, 1.82) is 0 Å². The van der Waals surface area contributed by atoms with Gasteiger partial charge in [-0.2, -0.15) is 0 Å². The Morgan fingerprint density at radius 2 is 2.27 bits per heavy atom. The number of nitrogens with zero attached hydrogens (tertiary/aromatic N) is 1. The van der Waals surface area contributed by atoms with E-state index in [1.807, 2.05) is 0 Å². The van der Waals surface area contributed by atoms with E-state index in [1.165, 1.54) is 24.4 Å². The first-order valence-electron chi connectivity index (χ1n) is 2.86. The Kier molecular flexibility index (Phi) is 2.59. The van der Waals surface area contributed by atoms with Crippen LogP contribution < -0.4 is 0 Å². The van der Waals surface area contributed by atoms with Crippen LogP contribution in [-0.2, 0) is 0 Å². The predicted molar refractivity (Wildman–Crippen MR) is 43.5 cm³/mol. The van der Waals surface area contributed by atoms with Crippen molar-refractivity contribution < 1.29 is 9.60 Å². The molecule has 0 atom stereocenters. The molecule has 1 N–H and O–H groups in total. The van der Waals surface area contributed by atoms with Crippen LogP contribution >= 0.6 is 15.9 Å². The minimum Gasteiger partial charge on any atom is -0.411 e. The van der Waals surface area contributed by atoms with Crippen molar-refractivity contribution in [3.05, 3.63) is 34.1 Å². The zero-order valence-electron chi connectivity index (χ0n) is 5.46. The van der Waals surface area contributed by atoms with E-state index in [2.05, 4.69) is 21.1 Å². The lowest BCUT2D eigenvalue weighted by molar-refractivity contribution is 0.322. The monoisotopic (exact) mass is 217 g/mol. The molecular formula is C7H5BrFNO. The van der Waals surface area contributed by atoms with Crippen LogP contribution in [0.15, 0.2) is 27.8 Å². The van der Waals surface area contributed by atoms with Gasteiger partial charge >= 0.3 is 0 Å². The van der Waals surface area contributed by atoms with Gasteiger partial charge in [-0.25, -0.2) is 4.39 Å². The SMILES string of the molecule is O/N=C\c1ccc(F)c(Br)c1. The van der Waals surface area contributed by atoms with Gasteiger partial charge in [-0.05, 0) is 33.6 Å². The van der Waals surface area contributed by atoms with Crippen LogP contribution in [0.3, 0.4) is 0 Å². The molecule has 0 aliphatic carbocycles.